The van der Waals surface area contributed by atoms with E-state index in [4.69, 9.17) is 10.5 Å². The summed E-state index contributed by atoms with van der Waals surface area (Å²) >= 11 is 1.82. The second kappa shape index (κ2) is 6.43. The van der Waals surface area contributed by atoms with Crippen LogP contribution in [-0.4, -0.2) is 43.1 Å². The lowest BCUT2D eigenvalue weighted by atomic mass is 9.89. The molecule has 1 fully saturated rings. The lowest BCUT2D eigenvalue weighted by Gasteiger charge is -2.31. The van der Waals surface area contributed by atoms with Crippen LogP contribution in [0.1, 0.15) is 25.7 Å². The summed E-state index contributed by atoms with van der Waals surface area (Å²) in [6, 6.07) is 0. The molecule has 1 spiro atoms. The molecule has 0 radical (unpaired) electrons. The van der Waals surface area contributed by atoms with Gasteiger partial charge >= 0.3 is 0 Å². The summed E-state index contributed by atoms with van der Waals surface area (Å²) in [5, 5.41) is 4.25. The molecular weight excluding hydrogens is 250 g/mol. The van der Waals surface area contributed by atoms with Crippen LogP contribution in [0.5, 0.6) is 0 Å². The fourth-order valence-corrected chi connectivity index (χ4v) is 3.67. The summed E-state index contributed by atoms with van der Waals surface area (Å²) in [7, 11) is 0. The minimum absolute atomic E-state index is 0.00951. The van der Waals surface area contributed by atoms with Gasteiger partial charge in [0.2, 0.25) is 5.91 Å². The highest BCUT2D eigenvalue weighted by atomic mass is 32.2. The molecule has 0 unspecified atom stereocenters. The summed E-state index contributed by atoms with van der Waals surface area (Å²) in [6.45, 7) is 2.11. The first kappa shape index (κ1) is 13.7. The number of hydrogen-bond acceptors (Lipinski definition) is 5. The maximum absolute atomic E-state index is 10.5. The van der Waals surface area contributed by atoms with Crippen LogP contribution < -0.4 is 11.1 Å². The van der Waals surface area contributed by atoms with Gasteiger partial charge in [-0.05, 0) is 18.3 Å². The zero-order chi connectivity index (χ0) is 12.8. The Balaban J connectivity index is 1.63. The molecule has 0 aromatic heterocycles. The van der Waals surface area contributed by atoms with Gasteiger partial charge < -0.3 is 15.8 Å². The van der Waals surface area contributed by atoms with E-state index < -0.39 is 5.91 Å². The molecule has 18 heavy (non-hydrogen) atoms. The third kappa shape index (κ3) is 3.88. The Morgan fingerprint density at radius 3 is 2.89 bits per heavy atom. The van der Waals surface area contributed by atoms with Crippen LogP contribution in [0.25, 0.3) is 0 Å². The Bertz CT molecular complexity index is 327. The lowest BCUT2D eigenvalue weighted by molar-refractivity contribution is -0.122. The van der Waals surface area contributed by atoms with E-state index in [2.05, 4.69) is 10.3 Å². The van der Waals surface area contributed by atoms with Gasteiger partial charge in [-0.15, -0.1) is 0 Å². The van der Waals surface area contributed by atoms with Crippen LogP contribution in [0, 0.1) is 5.41 Å². The smallest absolute Gasteiger partial charge is 0.243 e. The monoisotopic (exact) mass is 271 g/mol. The summed E-state index contributed by atoms with van der Waals surface area (Å²) in [5.41, 5.74) is 5.46. The number of nitrogens with zero attached hydrogens (tertiary/aromatic N) is 1. The number of rotatable bonds is 5. The number of amidine groups is 1. The Kier molecular flexibility index (Phi) is 4.88. The first-order chi connectivity index (χ1) is 8.70. The van der Waals surface area contributed by atoms with Crippen molar-refractivity contribution in [3.8, 4) is 0 Å². The van der Waals surface area contributed by atoms with E-state index in [1.807, 2.05) is 11.8 Å². The van der Waals surface area contributed by atoms with Gasteiger partial charge in [-0.3, -0.25) is 9.79 Å². The minimum Gasteiger partial charge on any atom is -0.370 e. The van der Waals surface area contributed by atoms with Gasteiger partial charge in [0.1, 0.15) is 6.61 Å². The number of hydrogen-bond donors (Lipinski definition) is 2. The van der Waals surface area contributed by atoms with Crippen molar-refractivity contribution < 1.29 is 9.53 Å². The van der Waals surface area contributed by atoms with E-state index >= 15 is 0 Å². The molecule has 1 amide bonds. The van der Waals surface area contributed by atoms with Crippen molar-refractivity contribution in [3.05, 3.63) is 0 Å². The molecule has 1 heterocycles. The van der Waals surface area contributed by atoms with Crippen molar-refractivity contribution >= 4 is 22.8 Å². The number of carbonyl (C=O) groups is 1. The van der Waals surface area contributed by atoms with E-state index in [1.165, 1.54) is 31.4 Å². The molecule has 0 aromatic carbocycles. The molecule has 0 bridgehead atoms. The van der Waals surface area contributed by atoms with E-state index in [0.29, 0.717) is 18.6 Å². The van der Waals surface area contributed by atoms with Gasteiger partial charge in [-0.25, -0.2) is 0 Å². The molecule has 6 heteroatoms. The number of nitrogens with one attached hydrogen (secondary N) is 1. The van der Waals surface area contributed by atoms with Crippen molar-refractivity contribution in [1.82, 2.24) is 5.32 Å². The Morgan fingerprint density at radius 2 is 2.28 bits per heavy atom. The largest absolute Gasteiger partial charge is 0.370 e. The fraction of sp³-hybridized carbons (Fsp3) is 0.833. The molecule has 2 aliphatic rings. The third-order valence-corrected chi connectivity index (χ3v) is 4.81. The third-order valence-electron chi connectivity index (χ3n) is 3.50. The molecule has 0 saturated heterocycles. The minimum atomic E-state index is -0.428. The molecule has 0 atom stereocenters. The normalized spacial score (nSPS) is 21.9. The molecule has 1 aliphatic heterocycles. The molecular formula is C12H21N3O2S. The van der Waals surface area contributed by atoms with Crippen LogP contribution >= 0.6 is 11.8 Å². The average Bonchev–Trinajstić information content (AvgIpc) is 2.80. The second-order valence-electron chi connectivity index (χ2n) is 5.06. The molecule has 3 N–H and O–H groups in total. The number of primary amides is 1. The summed E-state index contributed by atoms with van der Waals surface area (Å²) in [6.07, 6.45) is 5.39. The Morgan fingerprint density at radius 1 is 1.50 bits per heavy atom. The highest BCUT2D eigenvalue weighted by Crippen LogP contribution is 2.43. The average molecular weight is 271 g/mol. The van der Waals surface area contributed by atoms with Crippen LogP contribution in [0.2, 0.25) is 0 Å². The van der Waals surface area contributed by atoms with Crippen LogP contribution in [-0.2, 0) is 9.53 Å². The van der Waals surface area contributed by atoms with Gasteiger partial charge in [0.05, 0.1) is 6.61 Å². The van der Waals surface area contributed by atoms with Crippen LogP contribution in [0.4, 0.5) is 0 Å². The number of nitrogens with two attached hydrogens (primary N) is 1. The van der Waals surface area contributed by atoms with Crippen molar-refractivity contribution in [1.29, 1.82) is 0 Å². The Labute approximate surface area is 112 Å². The topological polar surface area (TPSA) is 76.7 Å². The predicted molar refractivity (Wildman–Crippen MR) is 73.7 cm³/mol. The summed E-state index contributed by atoms with van der Waals surface area (Å²) in [5.74, 6) is 0.753. The first-order valence-electron chi connectivity index (χ1n) is 6.47. The van der Waals surface area contributed by atoms with Crippen molar-refractivity contribution in [2.24, 2.45) is 16.1 Å². The predicted octanol–water partition coefficient (Wildman–Crippen LogP) is 0.741. The molecule has 2 rings (SSSR count). The number of carbonyl (C=O) groups excluding carboxylic acids is 1. The van der Waals surface area contributed by atoms with Gasteiger partial charge in [0, 0.05) is 18.8 Å². The zero-order valence-corrected chi connectivity index (χ0v) is 11.4. The number of thioether (sulfide) groups is 1. The Hall–Kier alpha value is -0.750. The van der Waals surface area contributed by atoms with E-state index in [9.17, 15) is 4.79 Å². The summed E-state index contributed by atoms with van der Waals surface area (Å²) < 4.78 is 5.08. The first-order valence-corrected chi connectivity index (χ1v) is 7.46. The number of ether oxygens (including phenoxy) is 1. The van der Waals surface area contributed by atoms with Crippen LogP contribution in [0.3, 0.4) is 0 Å². The van der Waals surface area contributed by atoms with E-state index in [1.54, 1.807) is 0 Å². The van der Waals surface area contributed by atoms with Crippen molar-refractivity contribution in [3.63, 3.8) is 0 Å². The highest BCUT2D eigenvalue weighted by Gasteiger charge is 2.36. The summed E-state index contributed by atoms with van der Waals surface area (Å²) in [4.78, 5) is 15.1. The van der Waals surface area contributed by atoms with Crippen molar-refractivity contribution in [2.45, 2.75) is 25.7 Å². The maximum atomic E-state index is 10.5. The lowest BCUT2D eigenvalue weighted by Crippen LogP contribution is -2.35. The van der Waals surface area contributed by atoms with Crippen LogP contribution in [0.15, 0.2) is 4.99 Å². The fourth-order valence-electron chi connectivity index (χ4n) is 2.49. The van der Waals surface area contributed by atoms with Gasteiger partial charge in [-0.2, -0.15) is 0 Å². The SMILES string of the molecule is NC(=O)COCCNC1=NCC2(CCCC2)CS1. The molecule has 102 valence electrons. The quantitative estimate of drug-likeness (QED) is 0.723. The maximum Gasteiger partial charge on any atom is 0.243 e. The number of aliphatic imine (C=N–C) groups is 1. The van der Waals surface area contributed by atoms with Crippen molar-refractivity contribution in [2.75, 3.05) is 32.1 Å². The zero-order valence-electron chi connectivity index (χ0n) is 10.6. The molecule has 0 aromatic rings. The van der Waals surface area contributed by atoms with Gasteiger partial charge in [0.25, 0.3) is 0 Å². The van der Waals surface area contributed by atoms with E-state index in [0.717, 1.165) is 11.7 Å². The van der Waals surface area contributed by atoms with Gasteiger partial charge in [-0.1, -0.05) is 24.6 Å². The highest BCUT2D eigenvalue weighted by molar-refractivity contribution is 8.13. The molecule has 1 saturated carbocycles. The van der Waals surface area contributed by atoms with E-state index in [-0.39, 0.29) is 6.61 Å². The number of amides is 1. The second-order valence-corrected chi connectivity index (χ2v) is 6.03. The molecule has 5 nitrogen and oxygen atoms in total. The van der Waals surface area contributed by atoms with Gasteiger partial charge in [0.15, 0.2) is 5.17 Å². The molecule has 1 aliphatic carbocycles. The standard InChI is InChI=1S/C12H21N3O2S/c13-10(16)7-17-6-5-14-11-15-8-12(9-18-11)3-1-2-4-12/h1-9H2,(H2,13,16)(H,14,15).